The smallest absolute Gasteiger partial charge is 0.166 e. The van der Waals surface area contributed by atoms with Gasteiger partial charge >= 0.3 is 0 Å². The second kappa shape index (κ2) is 7.67. The normalized spacial score (nSPS) is 19.6. The lowest BCUT2D eigenvalue weighted by atomic mass is 9.89. The maximum atomic E-state index is 13.1. The summed E-state index contributed by atoms with van der Waals surface area (Å²) in [7, 11) is 0. The molecule has 2 aromatic carbocycles. The van der Waals surface area contributed by atoms with Crippen LogP contribution in [0, 0.1) is 11.7 Å². The topological polar surface area (TPSA) is 23.6 Å². The minimum absolute atomic E-state index is 0.0608. The van der Waals surface area contributed by atoms with Crippen LogP contribution in [0.2, 0.25) is 0 Å². The van der Waals surface area contributed by atoms with Gasteiger partial charge in [0.2, 0.25) is 0 Å². The molecule has 0 aliphatic carbocycles. The molecule has 2 aliphatic rings. The van der Waals surface area contributed by atoms with Gasteiger partial charge < -0.3 is 9.80 Å². The average molecular weight is 381 g/mol. The quantitative estimate of drug-likeness (QED) is 0.711. The van der Waals surface area contributed by atoms with E-state index >= 15 is 0 Å². The maximum Gasteiger partial charge on any atom is 0.166 e. The number of benzene rings is 2. The second-order valence-corrected chi connectivity index (χ2v) is 8.76. The van der Waals surface area contributed by atoms with Gasteiger partial charge in [-0.2, -0.15) is 0 Å². The van der Waals surface area contributed by atoms with E-state index in [1.807, 2.05) is 0 Å². The van der Waals surface area contributed by atoms with Crippen LogP contribution in [0.1, 0.15) is 42.6 Å². The predicted molar refractivity (Wildman–Crippen MR) is 111 cm³/mol. The van der Waals surface area contributed by atoms with E-state index in [4.69, 9.17) is 0 Å². The molecule has 3 nitrogen and oxygen atoms in total. The van der Waals surface area contributed by atoms with Crippen LogP contribution in [0.5, 0.6) is 0 Å². The van der Waals surface area contributed by atoms with Gasteiger partial charge in [0.05, 0.1) is 0 Å². The highest BCUT2D eigenvalue weighted by molar-refractivity contribution is 5.97. The first kappa shape index (κ1) is 19.1. The van der Waals surface area contributed by atoms with E-state index in [0.29, 0.717) is 5.56 Å². The van der Waals surface area contributed by atoms with E-state index in [1.54, 1.807) is 12.1 Å². The summed E-state index contributed by atoms with van der Waals surface area (Å²) < 4.78 is 13.1. The molecule has 0 N–H and O–H groups in total. The fourth-order valence-corrected chi connectivity index (χ4v) is 4.74. The number of carbonyl (C=O) groups is 1. The zero-order valence-electron chi connectivity index (χ0n) is 16.8. The van der Waals surface area contributed by atoms with Gasteiger partial charge in [-0.05, 0) is 82.1 Å². The number of fused-ring (bicyclic) bond motifs is 1. The Bertz CT molecular complexity index is 838. The predicted octanol–water partition coefficient (Wildman–Crippen LogP) is 4.56. The number of likely N-dealkylation sites (tertiary alicyclic amines) is 1. The highest BCUT2D eigenvalue weighted by atomic mass is 19.1. The number of ketones is 1. The van der Waals surface area contributed by atoms with E-state index in [1.165, 1.54) is 23.4 Å². The zero-order chi connectivity index (χ0) is 19.7. The monoisotopic (exact) mass is 380 g/mol. The fourth-order valence-electron chi connectivity index (χ4n) is 4.74. The summed E-state index contributed by atoms with van der Waals surface area (Å²) in [5.74, 6) is -0.0716. The Morgan fingerprint density at radius 2 is 1.71 bits per heavy atom. The number of nitrogens with zero attached hydrogens (tertiary/aromatic N) is 2. The summed E-state index contributed by atoms with van der Waals surface area (Å²) in [6, 6.07) is 14.7. The number of rotatable bonds is 5. The molecule has 0 amide bonds. The van der Waals surface area contributed by atoms with E-state index in [9.17, 15) is 9.18 Å². The molecule has 2 heterocycles. The van der Waals surface area contributed by atoms with Crippen molar-refractivity contribution in [3.8, 4) is 0 Å². The molecule has 2 aromatic rings. The van der Waals surface area contributed by atoms with Crippen LogP contribution in [-0.4, -0.2) is 42.4 Å². The number of hydrogen-bond acceptors (Lipinski definition) is 3. The number of Topliss-reactive ketones (excluding diaryl/α,β-unsaturated/α-hetero) is 1. The number of piperidine rings is 1. The van der Waals surface area contributed by atoms with Crippen LogP contribution in [-0.2, 0) is 6.42 Å². The first-order chi connectivity index (χ1) is 13.4. The molecule has 4 heteroatoms. The highest BCUT2D eigenvalue weighted by Crippen LogP contribution is 2.38. The van der Waals surface area contributed by atoms with Crippen molar-refractivity contribution in [2.45, 2.75) is 38.6 Å². The van der Waals surface area contributed by atoms with Crippen LogP contribution >= 0.6 is 0 Å². The first-order valence-electron chi connectivity index (χ1n) is 10.3. The second-order valence-electron chi connectivity index (χ2n) is 8.76. The third-order valence-electron chi connectivity index (χ3n) is 6.36. The average Bonchev–Trinajstić information content (AvgIpc) is 2.96. The van der Waals surface area contributed by atoms with E-state index in [0.717, 1.165) is 45.4 Å². The van der Waals surface area contributed by atoms with Crippen molar-refractivity contribution in [1.82, 2.24) is 4.90 Å². The molecule has 0 atom stereocenters. The molecule has 0 spiro atoms. The molecule has 2 aliphatic heterocycles. The molecular weight excluding hydrogens is 351 g/mol. The van der Waals surface area contributed by atoms with Gasteiger partial charge in [-0.3, -0.25) is 4.79 Å². The molecular formula is C24H29FN2O. The summed E-state index contributed by atoms with van der Waals surface area (Å²) in [6.07, 6.45) is 2.86. The summed E-state index contributed by atoms with van der Waals surface area (Å²) in [6.45, 7) is 8.58. The minimum Gasteiger partial charge on any atom is -0.365 e. The molecule has 1 saturated heterocycles. The van der Waals surface area contributed by atoms with E-state index in [2.05, 4.69) is 47.9 Å². The molecule has 0 unspecified atom stereocenters. The van der Waals surface area contributed by atoms with Crippen LogP contribution in [0.3, 0.4) is 0 Å². The van der Waals surface area contributed by atoms with Crippen molar-refractivity contribution >= 4 is 11.5 Å². The Labute approximate surface area is 167 Å². The first-order valence-corrected chi connectivity index (χ1v) is 10.3. The number of halogens is 1. The van der Waals surface area contributed by atoms with Gasteiger partial charge in [0, 0.05) is 35.8 Å². The van der Waals surface area contributed by atoms with Gasteiger partial charge in [-0.15, -0.1) is 0 Å². The number of carbonyl (C=O) groups excluding carboxylic acids is 1. The Hall–Kier alpha value is -2.20. The van der Waals surface area contributed by atoms with Gasteiger partial charge in [-0.25, -0.2) is 4.39 Å². The van der Waals surface area contributed by atoms with Gasteiger partial charge in [0.25, 0.3) is 0 Å². The lowest BCUT2D eigenvalue weighted by Crippen LogP contribution is -2.47. The minimum atomic E-state index is -0.294. The van der Waals surface area contributed by atoms with Gasteiger partial charge in [-0.1, -0.05) is 18.2 Å². The molecule has 28 heavy (non-hydrogen) atoms. The van der Waals surface area contributed by atoms with Gasteiger partial charge in [0.1, 0.15) is 5.82 Å². The number of anilines is 1. The van der Waals surface area contributed by atoms with Crippen molar-refractivity contribution in [2.75, 3.05) is 31.1 Å². The Balaban J connectivity index is 1.31. The Kier molecular flexibility index (Phi) is 5.24. The summed E-state index contributed by atoms with van der Waals surface area (Å²) in [5, 5.41) is 0. The summed E-state index contributed by atoms with van der Waals surface area (Å²) in [5.41, 5.74) is 3.60. The Morgan fingerprint density at radius 3 is 2.43 bits per heavy atom. The molecule has 0 radical (unpaired) electrons. The van der Waals surface area contributed by atoms with Crippen LogP contribution in [0.25, 0.3) is 0 Å². The van der Waals surface area contributed by atoms with Crippen molar-refractivity contribution in [3.05, 3.63) is 65.5 Å². The lowest BCUT2D eigenvalue weighted by Gasteiger charge is -2.37. The van der Waals surface area contributed by atoms with Crippen LogP contribution in [0.15, 0.2) is 48.5 Å². The van der Waals surface area contributed by atoms with Crippen LogP contribution in [0.4, 0.5) is 10.1 Å². The SMILES string of the molecule is CC1(C)Cc2ccccc2N1CCN1CCC(C(=O)c2ccc(F)cc2)CC1. The molecule has 1 fully saturated rings. The number of para-hydroxylation sites is 1. The molecule has 0 aromatic heterocycles. The lowest BCUT2D eigenvalue weighted by molar-refractivity contribution is 0.0841. The molecule has 0 saturated carbocycles. The number of hydrogen-bond donors (Lipinski definition) is 0. The molecule has 4 rings (SSSR count). The van der Waals surface area contributed by atoms with E-state index < -0.39 is 0 Å². The third-order valence-corrected chi connectivity index (χ3v) is 6.36. The Morgan fingerprint density at radius 1 is 1.04 bits per heavy atom. The van der Waals surface area contributed by atoms with Gasteiger partial charge in [0.15, 0.2) is 5.78 Å². The third kappa shape index (κ3) is 3.83. The van der Waals surface area contributed by atoms with Crippen molar-refractivity contribution in [3.63, 3.8) is 0 Å². The molecule has 148 valence electrons. The summed E-state index contributed by atoms with van der Waals surface area (Å²) in [4.78, 5) is 17.7. The van der Waals surface area contributed by atoms with Crippen molar-refractivity contribution < 1.29 is 9.18 Å². The highest BCUT2D eigenvalue weighted by Gasteiger charge is 2.35. The summed E-state index contributed by atoms with van der Waals surface area (Å²) >= 11 is 0. The largest absolute Gasteiger partial charge is 0.365 e. The van der Waals surface area contributed by atoms with E-state index in [-0.39, 0.29) is 23.1 Å². The maximum absolute atomic E-state index is 13.1. The standard InChI is InChI=1S/C24H29FN2O/c1-24(2)17-20-5-3-4-6-22(20)27(24)16-15-26-13-11-19(12-14-26)23(28)18-7-9-21(25)10-8-18/h3-10,19H,11-17H2,1-2H3. The van der Waals surface area contributed by atoms with Crippen molar-refractivity contribution in [2.24, 2.45) is 5.92 Å². The van der Waals surface area contributed by atoms with Crippen molar-refractivity contribution in [1.29, 1.82) is 0 Å². The molecule has 0 bridgehead atoms. The zero-order valence-corrected chi connectivity index (χ0v) is 16.8. The fraction of sp³-hybridized carbons (Fsp3) is 0.458. The van der Waals surface area contributed by atoms with Crippen LogP contribution < -0.4 is 4.90 Å².